The van der Waals surface area contributed by atoms with Crippen LogP contribution in [0, 0.1) is 12.3 Å². The van der Waals surface area contributed by atoms with Crippen molar-refractivity contribution in [1.29, 1.82) is 0 Å². The Morgan fingerprint density at radius 3 is 2.91 bits per heavy atom. The second kappa shape index (κ2) is 5.93. The Morgan fingerprint density at radius 2 is 2.18 bits per heavy atom. The first-order valence-corrected chi connectivity index (χ1v) is 7.37. The number of terminal acetylenes is 1. The van der Waals surface area contributed by atoms with Crippen molar-refractivity contribution in [1.82, 2.24) is 20.7 Å². The number of phenolic OH excluding ortho intramolecular Hbond substituents is 1. The lowest BCUT2D eigenvalue weighted by atomic mass is 10.1. The fourth-order valence-electron chi connectivity index (χ4n) is 2.55. The molecule has 2 aromatic rings. The molecule has 0 atom stereocenters. The predicted octanol–water partition coefficient (Wildman–Crippen LogP) is 1.59. The van der Waals surface area contributed by atoms with Crippen LogP contribution in [0.2, 0.25) is 0 Å². The Hall–Kier alpha value is -2.13. The number of nitrogens with zero attached hydrogens (tertiary/aromatic N) is 2. The molecular weight excluding hydrogens is 276 g/mol. The maximum absolute atomic E-state index is 9.93. The third-order valence-corrected chi connectivity index (χ3v) is 4.03. The zero-order valence-corrected chi connectivity index (χ0v) is 12.6. The van der Waals surface area contributed by atoms with Gasteiger partial charge in [-0.05, 0) is 31.0 Å². The molecular formula is C17H20N4O. The average Bonchev–Trinajstić information content (AvgIpc) is 3.26. The second-order valence-corrected chi connectivity index (χ2v) is 5.89. The molecule has 1 aromatic heterocycles. The molecule has 3 N–H and O–H groups in total. The fourth-order valence-corrected chi connectivity index (χ4v) is 2.55. The van der Waals surface area contributed by atoms with E-state index in [2.05, 4.69) is 33.6 Å². The van der Waals surface area contributed by atoms with E-state index >= 15 is 0 Å². The lowest BCUT2D eigenvalue weighted by Gasteiger charge is -2.21. The molecule has 1 saturated heterocycles. The smallest absolute Gasteiger partial charge is 0.141 e. The van der Waals surface area contributed by atoms with Gasteiger partial charge in [0.05, 0.1) is 12.2 Å². The highest BCUT2D eigenvalue weighted by Gasteiger charge is 2.35. The molecule has 0 spiro atoms. The van der Waals surface area contributed by atoms with Crippen LogP contribution in [0.1, 0.15) is 18.9 Å². The molecule has 22 heavy (non-hydrogen) atoms. The number of rotatable bonds is 6. The van der Waals surface area contributed by atoms with Crippen LogP contribution >= 0.6 is 0 Å². The van der Waals surface area contributed by atoms with Gasteiger partial charge in [0, 0.05) is 24.7 Å². The van der Waals surface area contributed by atoms with Crippen molar-refractivity contribution in [3.63, 3.8) is 0 Å². The minimum Gasteiger partial charge on any atom is -0.506 e. The summed E-state index contributed by atoms with van der Waals surface area (Å²) in [7, 11) is 0. The number of nitrogens with one attached hydrogen (secondary N) is 2. The minimum atomic E-state index is 0.0332. The Balaban J connectivity index is 1.80. The van der Waals surface area contributed by atoms with Crippen LogP contribution in [0.15, 0.2) is 30.5 Å². The molecule has 0 radical (unpaired) electrons. The standard InChI is InChI=1S/C17H20N4O/c1-3-10-21(11-8-17(2)19-20-17)12-13-6-7-15(22)16-14(13)5-4-9-18-16/h1,4-7,9,19-20,22H,8,10-12H2,2H3. The number of hydrogen-bond acceptors (Lipinski definition) is 5. The van der Waals surface area contributed by atoms with E-state index in [0.29, 0.717) is 12.1 Å². The number of aromatic nitrogens is 1. The maximum Gasteiger partial charge on any atom is 0.141 e. The average molecular weight is 296 g/mol. The van der Waals surface area contributed by atoms with Crippen molar-refractivity contribution in [2.24, 2.45) is 0 Å². The first-order chi connectivity index (χ1) is 10.6. The summed E-state index contributed by atoms with van der Waals surface area (Å²) >= 11 is 0. The normalized spacial score (nSPS) is 15.9. The van der Waals surface area contributed by atoms with Crippen LogP contribution in [0.4, 0.5) is 0 Å². The second-order valence-electron chi connectivity index (χ2n) is 5.89. The van der Waals surface area contributed by atoms with Crippen molar-refractivity contribution in [2.75, 3.05) is 13.1 Å². The Morgan fingerprint density at radius 1 is 1.36 bits per heavy atom. The van der Waals surface area contributed by atoms with E-state index in [9.17, 15) is 5.11 Å². The number of hydrazine groups is 1. The highest BCUT2D eigenvalue weighted by atomic mass is 16.3. The van der Waals surface area contributed by atoms with Crippen molar-refractivity contribution in [3.8, 4) is 18.1 Å². The SMILES string of the molecule is C#CCN(CCC1(C)NN1)Cc1ccc(O)c2ncccc12. The van der Waals surface area contributed by atoms with Gasteiger partial charge in [-0.15, -0.1) is 6.42 Å². The van der Waals surface area contributed by atoms with Gasteiger partial charge in [-0.3, -0.25) is 9.88 Å². The van der Waals surface area contributed by atoms with Crippen LogP contribution in [0.3, 0.4) is 0 Å². The first-order valence-electron chi connectivity index (χ1n) is 7.37. The van der Waals surface area contributed by atoms with E-state index in [0.717, 1.165) is 30.5 Å². The van der Waals surface area contributed by atoms with Crippen molar-refractivity contribution in [2.45, 2.75) is 25.6 Å². The van der Waals surface area contributed by atoms with Gasteiger partial charge in [-0.1, -0.05) is 18.1 Å². The molecule has 5 heteroatoms. The molecule has 1 aliphatic rings. The number of phenols is 1. The fraction of sp³-hybridized carbons (Fsp3) is 0.353. The number of pyridine rings is 1. The highest BCUT2D eigenvalue weighted by Crippen LogP contribution is 2.26. The van der Waals surface area contributed by atoms with Gasteiger partial charge in [-0.2, -0.15) is 0 Å². The molecule has 0 saturated carbocycles. The van der Waals surface area contributed by atoms with Crippen LogP contribution in [-0.4, -0.2) is 33.7 Å². The van der Waals surface area contributed by atoms with E-state index in [-0.39, 0.29) is 11.4 Å². The number of hydrogen-bond donors (Lipinski definition) is 3. The summed E-state index contributed by atoms with van der Waals surface area (Å²) in [4.78, 5) is 6.49. The van der Waals surface area contributed by atoms with Crippen molar-refractivity contribution < 1.29 is 5.11 Å². The minimum absolute atomic E-state index is 0.0332. The van der Waals surface area contributed by atoms with Crippen molar-refractivity contribution >= 4 is 10.9 Å². The quantitative estimate of drug-likeness (QED) is 0.557. The first kappa shape index (κ1) is 14.8. The highest BCUT2D eigenvalue weighted by molar-refractivity contribution is 5.87. The van der Waals surface area contributed by atoms with E-state index < -0.39 is 0 Å². The Bertz CT molecular complexity index is 718. The lowest BCUT2D eigenvalue weighted by Crippen LogP contribution is -2.29. The van der Waals surface area contributed by atoms with Crippen LogP contribution < -0.4 is 10.9 Å². The third-order valence-electron chi connectivity index (χ3n) is 4.03. The number of aromatic hydroxyl groups is 1. The summed E-state index contributed by atoms with van der Waals surface area (Å²) in [6.45, 7) is 4.35. The molecule has 1 fully saturated rings. The maximum atomic E-state index is 9.93. The van der Waals surface area contributed by atoms with Gasteiger partial charge >= 0.3 is 0 Å². The number of benzene rings is 1. The molecule has 1 aromatic carbocycles. The molecule has 0 amide bonds. The summed E-state index contributed by atoms with van der Waals surface area (Å²) in [6.07, 6.45) is 8.17. The van der Waals surface area contributed by atoms with Gasteiger partial charge in [0.1, 0.15) is 11.3 Å². The molecule has 2 heterocycles. The third kappa shape index (κ3) is 3.20. The molecule has 114 valence electrons. The number of fused-ring (bicyclic) bond motifs is 1. The zero-order valence-electron chi connectivity index (χ0n) is 12.6. The Labute approximate surface area is 130 Å². The molecule has 1 aliphatic heterocycles. The lowest BCUT2D eigenvalue weighted by molar-refractivity contribution is 0.282. The molecule has 0 unspecified atom stereocenters. The largest absolute Gasteiger partial charge is 0.506 e. The van der Waals surface area contributed by atoms with Gasteiger partial charge in [0.15, 0.2) is 0 Å². The molecule has 0 bridgehead atoms. The van der Waals surface area contributed by atoms with E-state index in [1.807, 2.05) is 18.2 Å². The summed E-state index contributed by atoms with van der Waals surface area (Å²) in [5.41, 5.74) is 8.07. The summed E-state index contributed by atoms with van der Waals surface area (Å²) in [5.74, 6) is 2.93. The van der Waals surface area contributed by atoms with Gasteiger partial charge in [0.2, 0.25) is 0 Å². The van der Waals surface area contributed by atoms with Crippen LogP contribution in [0.25, 0.3) is 10.9 Å². The summed E-state index contributed by atoms with van der Waals surface area (Å²) < 4.78 is 0. The van der Waals surface area contributed by atoms with E-state index in [1.165, 1.54) is 0 Å². The van der Waals surface area contributed by atoms with Gasteiger partial charge in [-0.25, -0.2) is 10.9 Å². The summed E-state index contributed by atoms with van der Waals surface area (Å²) in [5, 5.41) is 10.9. The topological polar surface area (TPSA) is 80.2 Å². The summed E-state index contributed by atoms with van der Waals surface area (Å²) in [6, 6.07) is 7.51. The Kier molecular flexibility index (Phi) is 3.99. The van der Waals surface area contributed by atoms with Crippen molar-refractivity contribution in [3.05, 3.63) is 36.0 Å². The molecule has 3 rings (SSSR count). The monoisotopic (exact) mass is 296 g/mol. The van der Waals surface area contributed by atoms with E-state index in [4.69, 9.17) is 6.42 Å². The predicted molar refractivity (Wildman–Crippen MR) is 86.8 cm³/mol. The van der Waals surface area contributed by atoms with Crippen LogP contribution in [-0.2, 0) is 6.54 Å². The van der Waals surface area contributed by atoms with E-state index in [1.54, 1.807) is 12.3 Å². The molecule has 5 nitrogen and oxygen atoms in total. The zero-order chi connectivity index (χ0) is 15.6. The van der Waals surface area contributed by atoms with Crippen LogP contribution in [0.5, 0.6) is 5.75 Å². The van der Waals surface area contributed by atoms with Gasteiger partial charge < -0.3 is 5.11 Å². The molecule has 0 aliphatic carbocycles. The van der Waals surface area contributed by atoms with Gasteiger partial charge in [0.25, 0.3) is 0 Å².